The molecule has 0 radical (unpaired) electrons. The molecule has 6 aromatic carbocycles. The van der Waals surface area contributed by atoms with Crippen LogP contribution in [0.4, 0.5) is 0 Å². The van der Waals surface area contributed by atoms with Crippen LogP contribution in [-0.2, 0) is 0 Å². The Kier molecular flexibility index (Phi) is 6.18. The average molecular weight is 624 g/mol. The predicted molar refractivity (Wildman–Crippen MR) is 203 cm³/mol. The molecule has 3 heteroatoms. The third-order valence-corrected chi connectivity index (χ3v) is 9.76. The zero-order valence-corrected chi connectivity index (χ0v) is 26.6. The Morgan fingerprint density at radius 2 is 0.673 bits per heavy atom. The molecule has 228 valence electrons. The van der Waals surface area contributed by atoms with E-state index in [0.717, 1.165) is 78.3 Å². The van der Waals surface area contributed by atoms with Gasteiger partial charge in [-0.2, -0.15) is 0 Å². The average Bonchev–Trinajstić information content (AvgIpc) is 3.57. The maximum Gasteiger partial charge on any atom is 0.0736 e. The van der Waals surface area contributed by atoms with Gasteiger partial charge >= 0.3 is 0 Å². The van der Waals surface area contributed by atoms with Crippen LogP contribution < -0.4 is 0 Å². The van der Waals surface area contributed by atoms with E-state index >= 15 is 0 Å². The minimum atomic E-state index is 0.923. The number of benzene rings is 6. The first kappa shape index (κ1) is 27.5. The first-order valence-corrected chi connectivity index (χ1v) is 16.7. The van der Waals surface area contributed by atoms with Crippen molar-refractivity contribution >= 4 is 21.8 Å². The fraction of sp³-hybridized carbons (Fsp3) is 0. The highest BCUT2D eigenvalue weighted by Crippen LogP contribution is 2.41. The summed E-state index contributed by atoms with van der Waals surface area (Å²) in [4.78, 5) is 14.5. The Bertz CT molecular complexity index is 2690. The van der Waals surface area contributed by atoms with E-state index in [9.17, 15) is 0 Å². The lowest BCUT2D eigenvalue weighted by Crippen LogP contribution is -1.95. The Morgan fingerprint density at radius 1 is 0.286 bits per heavy atom. The van der Waals surface area contributed by atoms with E-state index in [0.29, 0.717) is 0 Å². The molecule has 4 heterocycles. The third-order valence-electron chi connectivity index (χ3n) is 9.76. The monoisotopic (exact) mass is 623 g/mol. The van der Waals surface area contributed by atoms with Crippen LogP contribution in [0.3, 0.4) is 0 Å². The van der Waals surface area contributed by atoms with Gasteiger partial charge in [0.05, 0.1) is 33.8 Å². The van der Waals surface area contributed by atoms with Crippen LogP contribution in [0, 0.1) is 0 Å². The summed E-state index contributed by atoms with van der Waals surface area (Å²) in [5, 5.41) is 2.34. The molecular weight excluding hydrogens is 595 g/mol. The van der Waals surface area contributed by atoms with Crippen LogP contribution in [0.1, 0.15) is 0 Å². The number of aromatic nitrogens is 3. The Hall–Kier alpha value is -6.58. The summed E-state index contributed by atoms with van der Waals surface area (Å²) in [6, 6.07) is 60.5. The topological polar surface area (TPSA) is 41.6 Å². The minimum absolute atomic E-state index is 0.923. The van der Waals surface area contributed by atoms with E-state index in [1.807, 2.05) is 0 Å². The van der Waals surface area contributed by atoms with E-state index in [-0.39, 0.29) is 0 Å². The molecule has 0 atom stereocenters. The van der Waals surface area contributed by atoms with E-state index in [4.69, 9.17) is 9.97 Å². The SMILES string of the molecule is c1ccc(-c2ccc(-c3cc4nc(c3)-c3cccc5c3[nH]c3c(cccc35)-c3cc(-c5ccccc5)cc(n3)-c3cccc-4c3)cc2)cc1. The van der Waals surface area contributed by atoms with Crippen molar-refractivity contribution in [3.8, 4) is 78.4 Å². The summed E-state index contributed by atoms with van der Waals surface area (Å²) >= 11 is 0. The summed E-state index contributed by atoms with van der Waals surface area (Å²) in [5.74, 6) is 0. The molecule has 0 aliphatic carbocycles. The lowest BCUT2D eigenvalue weighted by atomic mass is 9.96. The van der Waals surface area contributed by atoms with Crippen molar-refractivity contribution in [3.05, 3.63) is 170 Å². The van der Waals surface area contributed by atoms with Gasteiger partial charge in [0, 0.05) is 33.0 Å². The van der Waals surface area contributed by atoms with E-state index in [1.54, 1.807) is 0 Å². The van der Waals surface area contributed by atoms with Crippen LogP contribution in [-0.4, -0.2) is 15.0 Å². The Balaban J connectivity index is 1.26. The molecule has 1 aliphatic heterocycles. The maximum atomic E-state index is 5.36. The highest BCUT2D eigenvalue weighted by atomic mass is 14.8. The second-order valence-electron chi connectivity index (χ2n) is 12.7. The number of hydrogen-bond acceptors (Lipinski definition) is 2. The number of nitrogens with zero attached hydrogens (tertiary/aromatic N) is 2. The quantitative estimate of drug-likeness (QED) is 0.213. The number of aromatic amines is 1. The van der Waals surface area contributed by atoms with Crippen molar-refractivity contribution in [1.82, 2.24) is 15.0 Å². The van der Waals surface area contributed by atoms with Gasteiger partial charge < -0.3 is 4.98 Å². The van der Waals surface area contributed by atoms with Crippen molar-refractivity contribution in [3.63, 3.8) is 0 Å². The van der Waals surface area contributed by atoms with Gasteiger partial charge in [0.2, 0.25) is 0 Å². The molecule has 10 rings (SSSR count). The predicted octanol–water partition coefficient (Wildman–Crippen LogP) is 12.1. The Labute approximate surface area is 284 Å². The second kappa shape index (κ2) is 11.0. The summed E-state index contributed by atoms with van der Waals surface area (Å²) in [6.45, 7) is 0. The van der Waals surface area contributed by atoms with Gasteiger partial charge in [-0.15, -0.1) is 0 Å². The van der Waals surface area contributed by atoms with Crippen molar-refractivity contribution in [1.29, 1.82) is 0 Å². The largest absolute Gasteiger partial charge is 0.353 e. The van der Waals surface area contributed by atoms with Crippen LogP contribution in [0.15, 0.2) is 170 Å². The van der Waals surface area contributed by atoms with E-state index in [2.05, 4.69) is 175 Å². The molecule has 0 unspecified atom stereocenters. The standard InChI is InChI=1S/C46H29N3/c1-3-10-29(11-4-1)31-20-22-32(23-21-31)36-26-42-34-15-7-14-33(24-34)41-25-35(30-12-5-2-6-13-30)27-43(47-41)39-18-8-16-37-38-17-9-19-40(44(28-36)48-42)46(38)49-45(37)39/h1-28,49H. The van der Waals surface area contributed by atoms with Crippen molar-refractivity contribution in [2.24, 2.45) is 0 Å². The third kappa shape index (κ3) is 4.67. The summed E-state index contributed by atoms with van der Waals surface area (Å²) in [5.41, 5.74) is 17.1. The molecule has 0 saturated carbocycles. The lowest BCUT2D eigenvalue weighted by molar-refractivity contribution is 1.30. The molecule has 3 aromatic heterocycles. The summed E-state index contributed by atoms with van der Waals surface area (Å²) in [6.07, 6.45) is 0. The van der Waals surface area contributed by atoms with Gasteiger partial charge in [-0.1, -0.05) is 140 Å². The molecule has 0 fully saturated rings. The normalized spacial score (nSPS) is 11.7. The smallest absolute Gasteiger partial charge is 0.0736 e. The Morgan fingerprint density at radius 3 is 1.18 bits per heavy atom. The van der Waals surface area contributed by atoms with Crippen LogP contribution >= 0.6 is 0 Å². The van der Waals surface area contributed by atoms with Crippen molar-refractivity contribution < 1.29 is 0 Å². The van der Waals surface area contributed by atoms with Crippen molar-refractivity contribution in [2.45, 2.75) is 0 Å². The van der Waals surface area contributed by atoms with Crippen molar-refractivity contribution in [2.75, 3.05) is 0 Å². The zero-order chi connectivity index (χ0) is 32.3. The summed E-state index contributed by atoms with van der Waals surface area (Å²) in [7, 11) is 0. The second-order valence-corrected chi connectivity index (χ2v) is 12.7. The first-order valence-electron chi connectivity index (χ1n) is 16.7. The number of hydrogen-bond donors (Lipinski definition) is 1. The number of H-pyrrole nitrogens is 1. The van der Waals surface area contributed by atoms with E-state index < -0.39 is 0 Å². The summed E-state index contributed by atoms with van der Waals surface area (Å²) < 4.78 is 0. The van der Waals surface area contributed by atoms with Crippen LogP contribution in [0.25, 0.3) is 100 Å². The highest BCUT2D eigenvalue weighted by molar-refractivity contribution is 6.15. The van der Waals surface area contributed by atoms with Crippen LogP contribution in [0.2, 0.25) is 0 Å². The van der Waals surface area contributed by atoms with Gasteiger partial charge in [-0.3, -0.25) is 0 Å². The molecule has 1 N–H and O–H groups in total. The number of pyridine rings is 2. The first-order chi connectivity index (χ1) is 24.2. The van der Waals surface area contributed by atoms with Gasteiger partial charge in [0.25, 0.3) is 0 Å². The van der Waals surface area contributed by atoms with Gasteiger partial charge in [-0.05, 0) is 63.7 Å². The minimum Gasteiger partial charge on any atom is -0.353 e. The maximum absolute atomic E-state index is 5.36. The molecule has 0 spiro atoms. The molecular formula is C46H29N3. The fourth-order valence-corrected chi connectivity index (χ4v) is 7.30. The number of fused-ring (bicyclic) bond motifs is 11. The molecule has 9 aromatic rings. The van der Waals surface area contributed by atoms with Crippen LogP contribution in [0.5, 0.6) is 0 Å². The number of nitrogens with one attached hydrogen (secondary N) is 1. The number of para-hydroxylation sites is 2. The highest BCUT2D eigenvalue weighted by Gasteiger charge is 2.19. The molecule has 0 amide bonds. The molecule has 1 aliphatic rings. The molecule has 3 nitrogen and oxygen atoms in total. The lowest BCUT2D eigenvalue weighted by Gasteiger charge is -2.14. The zero-order valence-electron chi connectivity index (χ0n) is 26.6. The molecule has 8 bridgehead atoms. The van der Waals surface area contributed by atoms with Gasteiger partial charge in [0.1, 0.15) is 0 Å². The van der Waals surface area contributed by atoms with E-state index in [1.165, 1.54) is 21.9 Å². The number of rotatable bonds is 3. The fourth-order valence-electron chi connectivity index (χ4n) is 7.30. The molecule has 49 heavy (non-hydrogen) atoms. The van der Waals surface area contributed by atoms with Gasteiger partial charge in [-0.25, -0.2) is 9.97 Å². The molecule has 0 saturated heterocycles. The van der Waals surface area contributed by atoms with Gasteiger partial charge in [0.15, 0.2) is 0 Å².